The standard InChI is InChI=1S/C18H11ClF3N5O3/c19-10-6-9(2-4-11(10)21)27-17(29)15-16(18(27)30)26(25-24-15)7-14(28)23-13-5-8(20)1-3-12(13)22/h1-6,15-16H,7H2,(H,23,28)/t15-,16-/m1/s1. The number of rotatable bonds is 4. The molecule has 2 heterocycles. The Labute approximate surface area is 171 Å². The van der Waals surface area contributed by atoms with Gasteiger partial charge in [-0.1, -0.05) is 16.8 Å². The van der Waals surface area contributed by atoms with E-state index in [1.54, 1.807) is 0 Å². The lowest BCUT2D eigenvalue weighted by atomic mass is 10.1. The van der Waals surface area contributed by atoms with Crippen LogP contribution in [0.15, 0.2) is 46.7 Å². The summed E-state index contributed by atoms with van der Waals surface area (Å²) in [4.78, 5) is 38.4. The van der Waals surface area contributed by atoms with E-state index in [4.69, 9.17) is 11.6 Å². The van der Waals surface area contributed by atoms with Gasteiger partial charge in [0.2, 0.25) is 5.91 Å². The quantitative estimate of drug-likeness (QED) is 0.744. The third kappa shape index (κ3) is 3.36. The van der Waals surface area contributed by atoms with Crippen molar-refractivity contribution in [1.29, 1.82) is 0 Å². The van der Waals surface area contributed by atoms with E-state index in [1.165, 1.54) is 6.07 Å². The van der Waals surface area contributed by atoms with E-state index in [0.717, 1.165) is 40.2 Å². The first-order chi connectivity index (χ1) is 14.3. The predicted molar refractivity (Wildman–Crippen MR) is 98.0 cm³/mol. The number of hydrogen-bond acceptors (Lipinski definition) is 6. The molecule has 1 saturated heterocycles. The van der Waals surface area contributed by atoms with Crippen LogP contribution in [0.4, 0.5) is 24.5 Å². The molecule has 1 N–H and O–H groups in total. The van der Waals surface area contributed by atoms with Crippen LogP contribution >= 0.6 is 11.6 Å². The van der Waals surface area contributed by atoms with Crippen LogP contribution in [-0.4, -0.2) is 41.4 Å². The van der Waals surface area contributed by atoms with Gasteiger partial charge in [-0.3, -0.25) is 19.4 Å². The summed E-state index contributed by atoms with van der Waals surface area (Å²) in [6.07, 6.45) is 0. The molecule has 8 nitrogen and oxygen atoms in total. The molecule has 0 spiro atoms. The molecule has 2 aliphatic heterocycles. The average Bonchev–Trinajstić information content (AvgIpc) is 3.21. The summed E-state index contributed by atoms with van der Waals surface area (Å²) >= 11 is 5.72. The molecule has 2 atom stereocenters. The van der Waals surface area contributed by atoms with Crippen LogP contribution in [0.3, 0.4) is 0 Å². The number of carbonyl (C=O) groups excluding carboxylic acids is 3. The van der Waals surface area contributed by atoms with Crippen molar-refractivity contribution < 1.29 is 27.6 Å². The zero-order chi connectivity index (χ0) is 21.6. The Balaban J connectivity index is 1.51. The number of amides is 3. The van der Waals surface area contributed by atoms with Crippen molar-refractivity contribution in [1.82, 2.24) is 5.01 Å². The summed E-state index contributed by atoms with van der Waals surface area (Å²) in [5.41, 5.74) is -0.337. The molecule has 2 aliphatic rings. The van der Waals surface area contributed by atoms with Crippen molar-refractivity contribution in [2.75, 3.05) is 16.8 Å². The van der Waals surface area contributed by atoms with Crippen LogP contribution in [0.25, 0.3) is 0 Å². The summed E-state index contributed by atoms with van der Waals surface area (Å²) in [6, 6.07) is 3.47. The Kier molecular flexibility index (Phi) is 4.90. The normalized spacial score (nSPS) is 20.1. The number of carbonyl (C=O) groups is 3. The van der Waals surface area contributed by atoms with Gasteiger partial charge in [-0.25, -0.2) is 18.1 Å². The maximum absolute atomic E-state index is 13.7. The summed E-state index contributed by atoms with van der Waals surface area (Å²) in [5, 5.41) is 10.3. The maximum Gasteiger partial charge on any atom is 0.263 e. The second-order valence-corrected chi connectivity index (χ2v) is 6.88. The van der Waals surface area contributed by atoms with Gasteiger partial charge in [0.25, 0.3) is 11.8 Å². The molecule has 0 aliphatic carbocycles. The third-order valence-corrected chi connectivity index (χ3v) is 4.82. The monoisotopic (exact) mass is 437 g/mol. The van der Waals surface area contributed by atoms with Crippen LogP contribution in [0, 0.1) is 17.5 Å². The number of imide groups is 1. The lowest BCUT2D eigenvalue weighted by Gasteiger charge is -2.20. The summed E-state index contributed by atoms with van der Waals surface area (Å²) < 4.78 is 40.3. The summed E-state index contributed by atoms with van der Waals surface area (Å²) in [7, 11) is 0. The number of hydrogen-bond donors (Lipinski definition) is 1. The van der Waals surface area contributed by atoms with Crippen molar-refractivity contribution in [2.24, 2.45) is 10.3 Å². The number of nitrogens with one attached hydrogen (secondary N) is 1. The van der Waals surface area contributed by atoms with Crippen molar-refractivity contribution >= 4 is 40.7 Å². The molecule has 12 heteroatoms. The summed E-state index contributed by atoms with van der Waals surface area (Å²) in [5.74, 6) is -4.57. The third-order valence-electron chi connectivity index (χ3n) is 4.53. The highest BCUT2D eigenvalue weighted by Gasteiger charge is 2.55. The minimum Gasteiger partial charge on any atom is -0.322 e. The maximum atomic E-state index is 13.7. The first-order valence-corrected chi connectivity index (χ1v) is 8.89. The van der Waals surface area contributed by atoms with Crippen molar-refractivity contribution in [3.05, 3.63) is 58.9 Å². The van der Waals surface area contributed by atoms with Gasteiger partial charge in [-0.15, -0.1) is 0 Å². The summed E-state index contributed by atoms with van der Waals surface area (Å²) in [6.45, 7) is -0.544. The number of benzene rings is 2. The van der Waals surface area contributed by atoms with E-state index < -0.39 is 53.8 Å². The van der Waals surface area contributed by atoms with E-state index in [2.05, 4.69) is 15.7 Å². The van der Waals surface area contributed by atoms with Gasteiger partial charge >= 0.3 is 0 Å². The van der Waals surface area contributed by atoms with E-state index in [9.17, 15) is 27.6 Å². The molecular weight excluding hydrogens is 427 g/mol. The van der Waals surface area contributed by atoms with Gasteiger partial charge in [0.1, 0.15) is 24.0 Å². The molecule has 0 aromatic heterocycles. The van der Waals surface area contributed by atoms with Gasteiger partial charge in [0, 0.05) is 6.07 Å². The van der Waals surface area contributed by atoms with Crippen LogP contribution in [0.1, 0.15) is 0 Å². The first-order valence-electron chi connectivity index (χ1n) is 8.51. The number of fused-ring (bicyclic) bond motifs is 1. The number of anilines is 2. The number of nitrogens with zero attached hydrogens (tertiary/aromatic N) is 4. The molecule has 154 valence electrons. The molecule has 2 aromatic rings. The molecule has 1 fully saturated rings. The largest absolute Gasteiger partial charge is 0.322 e. The van der Waals surface area contributed by atoms with E-state index >= 15 is 0 Å². The Morgan fingerprint density at radius 3 is 2.53 bits per heavy atom. The van der Waals surface area contributed by atoms with Gasteiger partial charge in [-0.2, -0.15) is 5.11 Å². The highest BCUT2D eigenvalue weighted by Crippen LogP contribution is 2.33. The fraction of sp³-hybridized carbons (Fsp3) is 0.167. The minimum absolute atomic E-state index is 0.0484. The fourth-order valence-corrected chi connectivity index (χ4v) is 3.34. The smallest absolute Gasteiger partial charge is 0.263 e. The number of halogens is 4. The Hall–Kier alpha value is -3.47. The van der Waals surface area contributed by atoms with E-state index in [1.807, 2.05) is 0 Å². The van der Waals surface area contributed by atoms with E-state index in [-0.39, 0.29) is 16.4 Å². The Morgan fingerprint density at radius 1 is 1.07 bits per heavy atom. The molecular formula is C18H11ClF3N5O3. The lowest BCUT2D eigenvalue weighted by molar-refractivity contribution is -0.123. The van der Waals surface area contributed by atoms with Crippen molar-refractivity contribution in [3.63, 3.8) is 0 Å². The molecule has 2 aromatic carbocycles. The van der Waals surface area contributed by atoms with Gasteiger partial charge in [-0.05, 0) is 30.3 Å². The Morgan fingerprint density at radius 2 is 1.80 bits per heavy atom. The lowest BCUT2D eigenvalue weighted by Crippen LogP contribution is -2.43. The zero-order valence-electron chi connectivity index (χ0n) is 14.9. The highest BCUT2D eigenvalue weighted by molar-refractivity contribution is 6.32. The molecule has 0 bridgehead atoms. The molecule has 0 radical (unpaired) electrons. The van der Waals surface area contributed by atoms with Crippen molar-refractivity contribution in [3.8, 4) is 0 Å². The molecule has 3 amide bonds. The SMILES string of the molecule is O=C(CN1N=N[C@H]2C(=O)N(c3ccc(F)c(Cl)c3)C(=O)[C@@H]21)Nc1cc(F)ccc1F. The second kappa shape index (κ2) is 7.41. The molecule has 30 heavy (non-hydrogen) atoms. The van der Waals surface area contributed by atoms with Crippen LogP contribution in [-0.2, 0) is 14.4 Å². The van der Waals surface area contributed by atoms with Crippen LogP contribution in [0.2, 0.25) is 5.02 Å². The van der Waals surface area contributed by atoms with Gasteiger partial charge in [0.15, 0.2) is 12.1 Å². The highest BCUT2D eigenvalue weighted by atomic mass is 35.5. The van der Waals surface area contributed by atoms with Crippen LogP contribution in [0.5, 0.6) is 0 Å². The predicted octanol–water partition coefficient (Wildman–Crippen LogP) is 2.69. The van der Waals surface area contributed by atoms with E-state index in [0.29, 0.717) is 0 Å². The van der Waals surface area contributed by atoms with Gasteiger partial charge < -0.3 is 5.32 Å². The molecule has 0 saturated carbocycles. The van der Waals surface area contributed by atoms with Crippen LogP contribution < -0.4 is 10.2 Å². The first kappa shape index (κ1) is 19.8. The second-order valence-electron chi connectivity index (χ2n) is 6.47. The van der Waals surface area contributed by atoms with Crippen molar-refractivity contribution in [2.45, 2.75) is 12.1 Å². The average molecular weight is 438 g/mol. The zero-order valence-corrected chi connectivity index (χ0v) is 15.6. The molecule has 4 rings (SSSR count). The Bertz CT molecular complexity index is 1110. The molecule has 0 unspecified atom stereocenters. The fourth-order valence-electron chi connectivity index (χ4n) is 3.16. The topological polar surface area (TPSA) is 94.4 Å². The minimum atomic E-state index is -1.20. The van der Waals surface area contributed by atoms with Gasteiger partial charge in [0.05, 0.1) is 16.4 Å².